The van der Waals surface area contributed by atoms with E-state index in [1.54, 1.807) is 48.5 Å². The van der Waals surface area contributed by atoms with Gasteiger partial charge in [0.15, 0.2) is 8.32 Å². The van der Waals surface area contributed by atoms with Gasteiger partial charge in [-0.1, -0.05) is 144 Å². The lowest BCUT2D eigenvalue weighted by Gasteiger charge is -2.26. The number of ether oxygens (including phenoxy) is 3. The highest BCUT2D eigenvalue weighted by Crippen LogP contribution is 2.41. The first kappa shape index (κ1) is 52.6. The smallest absolute Gasteiger partial charge is 0.340 e. The third kappa shape index (κ3) is 17.4. The quantitative estimate of drug-likeness (QED) is 0.0201. The Morgan fingerprint density at radius 1 is 0.697 bits per heavy atom. The van der Waals surface area contributed by atoms with Crippen LogP contribution in [0.25, 0.3) is 11.1 Å². The molecule has 0 aliphatic heterocycles. The number of aliphatic hydroxyl groups is 1. The summed E-state index contributed by atoms with van der Waals surface area (Å²) in [4.78, 5) is 1.34. The highest BCUT2D eigenvalue weighted by atomic mass is 32.2. The molecular weight excluding hydrogens is 881 g/mol. The van der Waals surface area contributed by atoms with Crippen LogP contribution in [0.4, 0.5) is 0 Å². The molecule has 0 fully saturated rings. The maximum Gasteiger partial charge on any atom is 0.340 e. The van der Waals surface area contributed by atoms with Crippen molar-refractivity contribution in [2.45, 2.75) is 144 Å². The predicted molar refractivity (Wildman–Crippen MR) is 273 cm³/mol. The molecule has 2 atom stereocenters. The second-order valence-corrected chi connectivity index (χ2v) is 24.8. The van der Waals surface area contributed by atoms with Crippen molar-refractivity contribution in [3.8, 4) is 28.4 Å². The summed E-state index contributed by atoms with van der Waals surface area (Å²) in [5.41, 5.74) is 3.34. The van der Waals surface area contributed by atoms with E-state index in [0.717, 1.165) is 54.7 Å². The Hall–Kier alpha value is -4.36. The van der Waals surface area contributed by atoms with Crippen LogP contribution in [0.2, 0.25) is 19.6 Å². The highest BCUT2D eigenvalue weighted by Gasteiger charge is 2.26. The van der Waals surface area contributed by atoms with Crippen molar-refractivity contribution in [1.29, 1.82) is 0 Å². The largest absolute Gasteiger partial charge is 0.494 e. The van der Waals surface area contributed by atoms with Crippen molar-refractivity contribution in [2.75, 3.05) is 19.8 Å². The molecule has 0 radical (unpaired) electrons. The second kappa shape index (κ2) is 27.4. The number of aliphatic hydroxyl groups excluding tert-OH is 1. The molecule has 0 amide bonds. The first-order valence-electron chi connectivity index (χ1n) is 23.8. The molecule has 356 valence electrons. The Morgan fingerprint density at radius 2 is 1.39 bits per heavy atom. The molecule has 66 heavy (non-hydrogen) atoms. The fourth-order valence-electron chi connectivity index (χ4n) is 7.70. The van der Waals surface area contributed by atoms with E-state index >= 15 is 0 Å². The number of unbranched alkanes of at least 4 members (excludes halogenated alkanes) is 7. The topological polar surface area (TPSA) is 101 Å². The van der Waals surface area contributed by atoms with Crippen LogP contribution >= 0.6 is 11.8 Å². The summed E-state index contributed by atoms with van der Waals surface area (Å²) in [6.45, 7) is 17.0. The van der Waals surface area contributed by atoms with Gasteiger partial charge in [-0.05, 0) is 128 Å². The SMILES string of the molecule is C=CCOc1ccc(COCCCCCCC(CCCCCC)O[Si](C)(C)C)cc1C(O)c1ccccc1-c1ccc(Sc2ccc(OCCCC)cc2)c(S(=O)(=O)Oc2ccccc2)c1. The summed E-state index contributed by atoms with van der Waals surface area (Å²) in [5.74, 6) is 1.49. The predicted octanol–water partition coefficient (Wildman–Crippen LogP) is 14.8. The Morgan fingerprint density at radius 3 is 2.11 bits per heavy atom. The number of hydrogen-bond donors (Lipinski definition) is 1. The maximum absolute atomic E-state index is 14.2. The van der Waals surface area contributed by atoms with Crippen LogP contribution < -0.4 is 13.7 Å². The minimum absolute atomic E-state index is 0.00798. The third-order valence-electron chi connectivity index (χ3n) is 11.0. The Balaban J connectivity index is 1.31. The minimum Gasteiger partial charge on any atom is -0.494 e. The first-order valence-corrected chi connectivity index (χ1v) is 29.5. The molecule has 5 aromatic rings. The highest BCUT2D eigenvalue weighted by molar-refractivity contribution is 8.00. The van der Waals surface area contributed by atoms with Crippen LogP contribution in [0.15, 0.2) is 143 Å². The zero-order chi connectivity index (χ0) is 47.2. The van der Waals surface area contributed by atoms with E-state index in [2.05, 4.69) is 40.1 Å². The molecule has 0 aliphatic carbocycles. The van der Waals surface area contributed by atoms with Crippen LogP contribution in [0.5, 0.6) is 17.2 Å². The lowest BCUT2D eigenvalue weighted by atomic mass is 9.91. The van der Waals surface area contributed by atoms with E-state index in [9.17, 15) is 13.5 Å². The summed E-state index contributed by atoms with van der Waals surface area (Å²) < 4.78 is 58.7. The van der Waals surface area contributed by atoms with Crippen LogP contribution in [-0.2, 0) is 25.9 Å². The van der Waals surface area contributed by atoms with Gasteiger partial charge in [-0.2, -0.15) is 8.42 Å². The van der Waals surface area contributed by atoms with Crippen LogP contribution in [0, 0.1) is 0 Å². The molecule has 0 saturated carbocycles. The van der Waals surface area contributed by atoms with Crippen molar-refractivity contribution in [2.24, 2.45) is 0 Å². The molecule has 2 unspecified atom stereocenters. The first-order chi connectivity index (χ1) is 31.9. The van der Waals surface area contributed by atoms with E-state index < -0.39 is 24.5 Å². The van der Waals surface area contributed by atoms with Gasteiger partial charge < -0.3 is 27.9 Å². The molecule has 8 nitrogen and oxygen atoms in total. The fraction of sp³-hybridized carbons (Fsp3) is 0.418. The molecule has 5 aromatic carbocycles. The van der Waals surface area contributed by atoms with Crippen molar-refractivity contribution >= 4 is 30.2 Å². The summed E-state index contributed by atoms with van der Waals surface area (Å²) in [6, 6.07) is 34.7. The number of hydrogen-bond acceptors (Lipinski definition) is 9. The minimum atomic E-state index is -4.31. The zero-order valence-electron chi connectivity index (χ0n) is 39.8. The normalized spacial score (nSPS) is 12.7. The fourth-order valence-corrected chi connectivity index (χ4v) is 11.2. The Kier molecular flexibility index (Phi) is 21.9. The number of rotatable bonds is 31. The molecule has 0 saturated heterocycles. The van der Waals surface area contributed by atoms with Gasteiger partial charge in [0.1, 0.15) is 34.9 Å². The van der Waals surface area contributed by atoms with Crippen molar-refractivity contribution in [3.63, 3.8) is 0 Å². The van der Waals surface area contributed by atoms with Crippen molar-refractivity contribution in [3.05, 3.63) is 145 Å². The molecule has 0 bridgehead atoms. The van der Waals surface area contributed by atoms with Gasteiger partial charge in [0.25, 0.3) is 0 Å². The maximum atomic E-state index is 14.2. The van der Waals surface area contributed by atoms with Gasteiger partial charge in [0.05, 0.1) is 13.2 Å². The van der Waals surface area contributed by atoms with Gasteiger partial charge in [0.2, 0.25) is 0 Å². The Labute approximate surface area is 401 Å². The van der Waals surface area contributed by atoms with E-state index in [4.69, 9.17) is 22.8 Å². The van der Waals surface area contributed by atoms with Crippen molar-refractivity contribution in [1.82, 2.24) is 0 Å². The molecule has 0 aliphatic rings. The average Bonchev–Trinajstić information content (AvgIpc) is 3.31. The molecule has 5 rings (SSSR count). The average molecular weight is 953 g/mol. The summed E-state index contributed by atoms with van der Waals surface area (Å²) >= 11 is 1.33. The number of benzene rings is 5. The second-order valence-electron chi connectivity index (χ2n) is 17.7. The van der Waals surface area contributed by atoms with Crippen molar-refractivity contribution < 1.29 is 36.3 Å². The standard InChI is InChI=1S/C55H72O8S2Si/c1-7-10-12-16-25-47(63-66(4,5)6)26-17-13-14-22-38-59-42-43-29-35-52(61-37-9-3)51(40-43)55(56)50-28-21-20-27-49(50)44-30-36-53(64-48-33-31-45(32-34-48)60-39-11-8-2)54(41-44)65(57,58)62-46-23-18-15-19-24-46/h9,15,18-21,23-24,27-36,40-41,47,55-56H,3,7-8,10-14,16-17,22,25-26,37-39,42H2,1-2,4-6H3. The van der Waals surface area contributed by atoms with Crippen LogP contribution in [0.3, 0.4) is 0 Å². The molecule has 0 spiro atoms. The van der Waals surface area contributed by atoms with Gasteiger partial charge in [0, 0.05) is 28.1 Å². The molecular formula is C55H72O8S2Si. The molecule has 0 aromatic heterocycles. The van der Waals surface area contributed by atoms with Gasteiger partial charge in [-0.3, -0.25) is 0 Å². The van der Waals surface area contributed by atoms with Crippen LogP contribution in [-0.4, -0.2) is 47.8 Å². The Bertz CT molecular complexity index is 2310. The zero-order valence-corrected chi connectivity index (χ0v) is 42.5. The van der Waals surface area contributed by atoms with E-state index in [-0.39, 0.29) is 17.3 Å². The third-order valence-corrected chi connectivity index (χ3v) is 14.5. The number of para-hydroxylation sites is 1. The van der Waals surface area contributed by atoms with Crippen LogP contribution in [0.1, 0.15) is 114 Å². The van der Waals surface area contributed by atoms with Gasteiger partial charge in [-0.15, -0.1) is 0 Å². The lowest BCUT2D eigenvalue weighted by Crippen LogP contribution is -2.32. The summed E-state index contributed by atoms with van der Waals surface area (Å²) in [7, 11) is -5.89. The van der Waals surface area contributed by atoms with E-state index in [0.29, 0.717) is 58.8 Å². The molecule has 1 N–H and O–H groups in total. The van der Waals surface area contributed by atoms with Gasteiger partial charge in [-0.25, -0.2) is 0 Å². The summed E-state index contributed by atoms with van der Waals surface area (Å²) in [5, 5.41) is 12.3. The van der Waals surface area contributed by atoms with Gasteiger partial charge >= 0.3 is 10.1 Å². The summed E-state index contributed by atoms with van der Waals surface area (Å²) in [6.07, 6.45) is 14.7. The molecule has 0 heterocycles. The monoisotopic (exact) mass is 952 g/mol. The van der Waals surface area contributed by atoms with E-state index in [1.165, 1.54) is 50.3 Å². The molecule has 11 heteroatoms. The lowest BCUT2D eigenvalue weighted by molar-refractivity contribution is 0.116. The van der Waals surface area contributed by atoms with E-state index in [1.807, 2.05) is 72.8 Å².